The van der Waals surface area contributed by atoms with Crippen LogP contribution in [0.2, 0.25) is 0 Å². The summed E-state index contributed by atoms with van der Waals surface area (Å²) in [5.41, 5.74) is 6.11. The summed E-state index contributed by atoms with van der Waals surface area (Å²) in [5.74, 6) is -0.471. The average Bonchev–Trinajstić information content (AvgIpc) is 2.83. The summed E-state index contributed by atoms with van der Waals surface area (Å²) < 4.78 is 18.2. The number of rotatable bonds is 4. The van der Waals surface area contributed by atoms with Crippen LogP contribution in [0.15, 0.2) is 18.2 Å². The highest BCUT2D eigenvalue weighted by molar-refractivity contribution is 7.18. The molecule has 6 nitrogen and oxygen atoms in total. The number of carbonyl (C=O) groups excluding carboxylic acids is 1. The number of nitrogens with zero attached hydrogens (tertiary/aromatic N) is 2. The van der Waals surface area contributed by atoms with E-state index in [1.807, 2.05) is 14.1 Å². The number of ether oxygens (including phenoxy) is 1. The predicted molar refractivity (Wildman–Crippen MR) is 81.8 cm³/mol. The van der Waals surface area contributed by atoms with E-state index < -0.39 is 11.7 Å². The molecule has 1 aromatic carbocycles. The fourth-order valence-corrected chi connectivity index (χ4v) is 2.42. The minimum Gasteiger partial charge on any atom is -0.494 e. The van der Waals surface area contributed by atoms with Gasteiger partial charge in [0.1, 0.15) is 22.3 Å². The van der Waals surface area contributed by atoms with E-state index in [0.29, 0.717) is 15.7 Å². The number of hydrogen-bond donors (Lipinski definition) is 2. The van der Waals surface area contributed by atoms with Gasteiger partial charge in [-0.25, -0.2) is 9.37 Å². The van der Waals surface area contributed by atoms with Gasteiger partial charge in [0, 0.05) is 20.2 Å². The Balaban J connectivity index is 2.26. The molecule has 1 amide bonds. The smallest absolute Gasteiger partial charge is 0.269 e. The molecule has 0 aliphatic heterocycles. The molecule has 112 valence electrons. The summed E-state index contributed by atoms with van der Waals surface area (Å²) in [7, 11) is 5.02. The number of halogens is 1. The molecule has 2 aromatic rings. The molecule has 0 fully saturated rings. The van der Waals surface area contributed by atoms with Crippen molar-refractivity contribution >= 4 is 33.9 Å². The molecular formula is C13H15FN4O2S. The van der Waals surface area contributed by atoms with E-state index in [0.717, 1.165) is 0 Å². The third-order valence-electron chi connectivity index (χ3n) is 2.64. The van der Waals surface area contributed by atoms with Crippen molar-refractivity contribution in [3.63, 3.8) is 0 Å². The maximum atomic E-state index is 13.1. The Hall–Kier alpha value is -2.35. The minimum absolute atomic E-state index is 0.155. The Morgan fingerprint density at radius 3 is 2.76 bits per heavy atom. The number of carbonyl (C=O) groups is 1. The lowest BCUT2D eigenvalue weighted by Crippen LogP contribution is -2.13. The van der Waals surface area contributed by atoms with E-state index in [2.05, 4.69) is 10.3 Å². The summed E-state index contributed by atoms with van der Waals surface area (Å²) in [4.78, 5) is 18.4. The molecule has 8 heteroatoms. The van der Waals surface area contributed by atoms with Crippen LogP contribution < -0.4 is 20.7 Å². The predicted octanol–water partition coefficient (Wildman–Crippen LogP) is 2.19. The van der Waals surface area contributed by atoms with Crippen molar-refractivity contribution in [1.29, 1.82) is 0 Å². The molecule has 0 aliphatic rings. The SMILES string of the molecule is COc1cc(F)ccc1NC(=O)c1sc(N(C)C)nc1N. The van der Waals surface area contributed by atoms with Crippen LogP contribution in [-0.4, -0.2) is 32.1 Å². The zero-order valence-corrected chi connectivity index (χ0v) is 12.6. The quantitative estimate of drug-likeness (QED) is 0.905. The van der Waals surface area contributed by atoms with E-state index in [1.54, 1.807) is 4.90 Å². The minimum atomic E-state index is -0.447. The second-order valence-corrected chi connectivity index (χ2v) is 5.38. The number of nitrogens with two attached hydrogens (primary N) is 1. The number of benzene rings is 1. The molecule has 0 aliphatic carbocycles. The van der Waals surface area contributed by atoms with Gasteiger partial charge < -0.3 is 20.7 Å². The lowest BCUT2D eigenvalue weighted by atomic mass is 10.2. The summed E-state index contributed by atoms with van der Waals surface area (Å²) in [6.45, 7) is 0. The first-order valence-corrected chi connectivity index (χ1v) is 6.82. The molecule has 0 unspecified atom stereocenters. The second-order valence-electron chi connectivity index (χ2n) is 4.40. The number of nitrogen functional groups attached to an aromatic ring is 1. The Morgan fingerprint density at radius 1 is 1.48 bits per heavy atom. The van der Waals surface area contributed by atoms with Gasteiger partial charge in [0.05, 0.1) is 12.8 Å². The van der Waals surface area contributed by atoms with Gasteiger partial charge in [0.25, 0.3) is 5.91 Å². The van der Waals surface area contributed by atoms with Crippen molar-refractivity contribution in [2.75, 3.05) is 37.2 Å². The number of aromatic nitrogens is 1. The van der Waals surface area contributed by atoms with E-state index in [9.17, 15) is 9.18 Å². The van der Waals surface area contributed by atoms with Crippen molar-refractivity contribution in [1.82, 2.24) is 4.98 Å². The highest BCUT2D eigenvalue weighted by Gasteiger charge is 2.18. The van der Waals surface area contributed by atoms with E-state index in [-0.39, 0.29) is 11.6 Å². The van der Waals surface area contributed by atoms with Gasteiger partial charge in [-0.15, -0.1) is 0 Å². The van der Waals surface area contributed by atoms with Gasteiger partial charge in [-0.2, -0.15) is 0 Å². The van der Waals surface area contributed by atoms with E-state index in [1.165, 1.54) is 36.6 Å². The van der Waals surface area contributed by atoms with Crippen molar-refractivity contribution in [2.24, 2.45) is 0 Å². The zero-order valence-electron chi connectivity index (χ0n) is 11.8. The van der Waals surface area contributed by atoms with Gasteiger partial charge in [-0.1, -0.05) is 11.3 Å². The molecular weight excluding hydrogens is 295 g/mol. The number of amides is 1. The molecule has 0 spiro atoms. The summed E-state index contributed by atoms with van der Waals surface area (Å²) in [6, 6.07) is 3.85. The number of methoxy groups -OCH3 is 1. The largest absolute Gasteiger partial charge is 0.494 e. The number of anilines is 3. The molecule has 0 saturated heterocycles. The standard InChI is InChI=1S/C13H15FN4O2S/c1-18(2)13-17-11(15)10(21-13)12(19)16-8-5-4-7(14)6-9(8)20-3/h4-6H,15H2,1-3H3,(H,16,19). The van der Waals surface area contributed by atoms with Crippen LogP contribution in [0.4, 0.5) is 21.0 Å². The van der Waals surface area contributed by atoms with Crippen molar-refractivity contribution in [3.05, 3.63) is 28.9 Å². The number of thiazole rings is 1. The molecule has 1 heterocycles. The van der Waals surface area contributed by atoms with Crippen LogP contribution in [0.3, 0.4) is 0 Å². The Labute approximate surface area is 125 Å². The molecule has 1 aromatic heterocycles. The van der Waals surface area contributed by atoms with Crippen LogP contribution in [0.5, 0.6) is 5.75 Å². The van der Waals surface area contributed by atoms with Crippen molar-refractivity contribution in [3.8, 4) is 5.75 Å². The van der Waals surface area contributed by atoms with Gasteiger partial charge in [0.15, 0.2) is 5.13 Å². The first-order valence-electron chi connectivity index (χ1n) is 6.01. The van der Waals surface area contributed by atoms with Gasteiger partial charge in [0.2, 0.25) is 0 Å². The molecule has 0 bridgehead atoms. The van der Waals surface area contributed by atoms with Crippen LogP contribution in [0.1, 0.15) is 9.67 Å². The maximum absolute atomic E-state index is 13.1. The second kappa shape index (κ2) is 5.96. The summed E-state index contributed by atoms with van der Waals surface area (Å²) >= 11 is 1.17. The third-order valence-corrected chi connectivity index (χ3v) is 3.88. The zero-order chi connectivity index (χ0) is 15.6. The first-order chi connectivity index (χ1) is 9.92. The molecule has 0 radical (unpaired) electrons. The topological polar surface area (TPSA) is 80.5 Å². The highest BCUT2D eigenvalue weighted by Crippen LogP contribution is 2.30. The van der Waals surface area contributed by atoms with Gasteiger partial charge in [-0.3, -0.25) is 4.79 Å². The van der Waals surface area contributed by atoms with E-state index in [4.69, 9.17) is 10.5 Å². The Kier molecular flexibility index (Phi) is 4.27. The number of nitrogens with one attached hydrogen (secondary N) is 1. The van der Waals surface area contributed by atoms with Crippen molar-refractivity contribution in [2.45, 2.75) is 0 Å². The van der Waals surface area contributed by atoms with E-state index >= 15 is 0 Å². The van der Waals surface area contributed by atoms with Crippen LogP contribution in [0, 0.1) is 5.82 Å². The van der Waals surface area contributed by atoms with Gasteiger partial charge >= 0.3 is 0 Å². The molecule has 0 atom stereocenters. The normalized spacial score (nSPS) is 10.3. The average molecular weight is 310 g/mol. The first kappa shape index (κ1) is 15.0. The van der Waals surface area contributed by atoms with Crippen LogP contribution >= 0.6 is 11.3 Å². The Bertz CT molecular complexity index is 672. The molecule has 3 N–H and O–H groups in total. The lowest BCUT2D eigenvalue weighted by Gasteiger charge is -2.09. The third kappa shape index (κ3) is 3.22. The maximum Gasteiger partial charge on any atom is 0.269 e. The molecule has 2 rings (SSSR count). The fourth-order valence-electron chi connectivity index (χ4n) is 1.62. The Morgan fingerprint density at radius 2 is 2.19 bits per heavy atom. The van der Waals surface area contributed by atoms with Crippen LogP contribution in [0.25, 0.3) is 0 Å². The molecule has 0 saturated carbocycles. The number of hydrogen-bond acceptors (Lipinski definition) is 6. The highest BCUT2D eigenvalue weighted by atomic mass is 32.1. The lowest BCUT2D eigenvalue weighted by molar-refractivity contribution is 0.103. The summed E-state index contributed by atoms with van der Waals surface area (Å²) in [5, 5.41) is 3.27. The van der Waals surface area contributed by atoms with Crippen LogP contribution in [-0.2, 0) is 0 Å². The van der Waals surface area contributed by atoms with Gasteiger partial charge in [-0.05, 0) is 12.1 Å². The summed E-state index contributed by atoms with van der Waals surface area (Å²) in [6.07, 6.45) is 0. The molecule has 21 heavy (non-hydrogen) atoms. The fraction of sp³-hybridized carbons (Fsp3) is 0.231. The van der Waals surface area contributed by atoms with Crippen molar-refractivity contribution < 1.29 is 13.9 Å². The monoisotopic (exact) mass is 310 g/mol.